The molecule has 2 N–H and O–H groups in total. The first kappa shape index (κ1) is 13.3. The van der Waals surface area contributed by atoms with E-state index in [4.69, 9.17) is 10.5 Å². The summed E-state index contributed by atoms with van der Waals surface area (Å²) in [7, 11) is 1.81. The van der Waals surface area contributed by atoms with Crippen LogP contribution in [-0.2, 0) is 4.74 Å². The van der Waals surface area contributed by atoms with Gasteiger partial charge in [-0.05, 0) is 50.1 Å². The SMILES string of the molecule is COCC1CCN(CC2(C)CCCC2N)CC1. The molecule has 1 aliphatic heterocycles. The Morgan fingerprint density at radius 1 is 1.29 bits per heavy atom. The molecule has 17 heavy (non-hydrogen) atoms. The van der Waals surface area contributed by atoms with Crippen molar-refractivity contribution < 1.29 is 4.74 Å². The Bertz CT molecular complexity index is 238. The molecule has 1 aliphatic carbocycles. The molecule has 2 unspecified atom stereocenters. The first-order valence-electron chi connectivity index (χ1n) is 7.11. The molecule has 100 valence electrons. The maximum absolute atomic E-state index is 6.26. The molecule has 0 amide bonds. The minimum atomic E-state index is 0.369. The first-order chi connectivity index (χ1) is 8.14. The number of nitrogens with zero attached hydrogens (tertiary/aromatic N) is 1. The van der Waals surface area contributed by atoms with E-state index in [1.54, 1.807) is 0 Å². The highest BCUT2D eigenvalue weighted by atomic mass is 16.5. The molecular formula is C14H28N2O. The number of rotatable bonds is 4. The van der Waals surface area contributed by atoms with E-state index < -0.39 is 0 Å². The molecule has 0 aromatic heterocycles. The third-order valence-electron chi connectivity index (χ3n) is 4.85. The van der Waals surface area contributed by atoms with Crippen LogP contribution in [-0.4, -0.2) is 44.3 Å². The molecule has 2 atom stereocenters. The van der Waals surface area contributed by atoms with Crippen molar-refractivity contribution in [3.05, 3.63) is 0 Å². The molecule has 2 rings (SSSR count). The van der Waals surface area contributed by atoms with Gasteiger partial charge >= 0.3 is 0 Å². The Balaban J connectivity index is 1.78. The summed E-state index contributed by atoms with van der Waals surface area (Å²) in [4.78, 5) is 2.62. The highest BCUT2D eigenvalue weighted by Gasteiger charge is 2.38. The summed E-state index contributed by atoms with van der Waals surface area (Å²) in [5, 5.41) is 0. The van der Waals surface area contributed by atoms with Crippen molar-refractivity contribution in [1.82, 2.24) is 4.90 Å². The standard InChI is InChI=1S/C14H28N2O/c1-14(7-3-4-13(14)15)11-16-8-5-12(6-9-16)10-17-2/h12-13H,3-11,15H2,1-2H3. The van der Waals surface area contributed by atoms with Gasteiger partial charge in [0.15, 0.2) is 0 Å². The molecule has 3 heteroatoms. The first-order valence-corrected chi connectivity index (χ1v) is 7.11. The van der Waals surface area contributed by atoms with Gasteiger partial charge in [-0.15, -0.1) is 0 Å². The second-order valence-corrected chi connectivity index (χ2v) is 6.33. The van der Waals surface area contributed by atoms with Gasteiger partial charge in [0.2, 0.25) is 0 Å². The molecule has 1 heterocycles. The number of hydrogen-bond acceptors (Lipinski definition) is 3. The molecule has 0 aromatic carbocycles. The summed E-state index contributed by atoms with van der Waals surface area (Å²) in [5.41, 5.74) is 6.63. The monoisotopic (exact) mass is 240 g/mol. The summed E-state index contributed by atoms with van der Waals surface area (Å²) in [6.07, 6.45) is 6.43. The third kappa shape index (κ3) is 3.21. The lowest BCUT2D eigenvalue weighted by atomic mass is 9.83. The third-order valence-corrected chi connectivity index (χ3v) is 4.85. The summed E-state index contributed by atoms with van der Waals surface area (Å²) in [6, 6.07) is 0.416. The van der Waals surface area contributed by atoms with Gasteiger partial charge in [-0.25, -0.2) is 0 Å². The van der Waals surface area contributed by atoms with Crippen molar-refractivity contribution in [2.45, 2.75) is 45.1 Å². The van der Waals surface area contributed by atoms with Crippen molar-refractivity contribution in [3.8, 4) is 0 Å². The van der Waals surface area contributed by atoms with Gasteiger partial charge in [-0.2, -0.15) is 0 Å². The van der Waals surface area contributed by atoms with Crippen molar-refractivity contribution in [2.75, 3.05) is 33.4 Å². The van der Waals surface area contributed by atoms with E-state index in [2.05, 4.69) is 11.8 Å². The zero-order valence-electron chi connectivity index (χ0n) is 11.5. The number of methoxy groups -OCH3 is 1. The Morgan fingerprint density at radius 3 is 2.53 bits per heavy atom. The normalized spacial score (nSPS) is 36.5. The molecule has 3 nitrogen and oxygen atoms in total. The minimum absolute atomic E-state index is 0.369. The fourth-order valence-corrected chi connectivity index (χ4v) is 3.51. The fourth-order valence-electron chi connectivity index (χ4n) is 3.51. The quantitative estimate of drug-likeness (QED) is 0.815. The average Bonchev–Trinajstić information content (AvgIpc) is 2.62. The molecule has 0 aromatic rings. The number of nitrogens with two attached hydrogens (primary N) is 1. The van der Waals surface area contributed by atoms with E-state index in [1.165, 1.54) is 51.7 Å². The van der Waals surface area contributed by atoms with Crippen LogP contribution in [0, 0.1) is 11.3 Å². The van der Waals surface area contributed by atoms with Gasteiger partial charge in [0.05, 0.1) is 0 Å². The molecular weight excluding hydrogens is 212 g/mol. The molecule has 2 fully saturated rings. The van der Waals surface area contributed by atoms with E-state index in [-0.39, 0.29) is 0 Å². The second-order valence-electron chi connectivity index (χ2n) is 6.33. The van der Waals surface area contributed by atoms with Gasteiger partial charge in [0, 0.05) is 26.3 Å². The van der Waals surface area contributed by atoms with Crippen molar-refractivity contribution >= 4 is 0 Å². The molecule has 0 bridgehead atoms. The number of piperidine rings is 1. The van der Waals surface area contributed by atoms with Crippen LogP contribution in [0.1, 0.15) is 39.0 Å². The molecule has 0 radical (unpaired) electrons. The van der Waals surface area contributed by atoms with Gasteiger partial charge < -0.3 is 15.4 Å². The molecule has 1 saturated carbocycles. The van der Waals surface area contributed by atoms with Crippen molar-refractivity contribution in [3.63, 3.8) is 0 Å². The van der Waals surface area contributed by atoms with Crippen LogP contribution in [0.2, 0.25) is 0 Å². The van der Waals surface area contributed by atoms with Crippen LogP contribution in [0.3, 0.4) is 0 Å². The van der Waals surface area contributed by atoms with Crippen LogP contribution >= 0.6 is 0 Å². The van der Waals surface area contributed by atoms with Crippen LogP contribution in [0.5, 0.6) is 0 Å². The molecule has 1 saturated heterocycles. The topological polar surface area (TPSA) is 38.5 Å². The van der Waals surface area contributed by atoms with E-state index >= 15 is 0 Å². The number of ether oxygens (including phenoxy) is 1. The van der Waals surface area contributed by atoms with Crippen LogP contribution < -0.4 is 5.73 Å². The fraction of sp³-hybridized carbons (Fsp3) is 1.00. The zero-order chi connectivity index (χ0) is 12.3. The Morgan fingerprint density at radius 2 is 2.00 bits per heavy atom. The summed E-state index contributed by atoms with van der Waals surface area (Å²) in [5.74, 6) is 0.779. The summed E-state index contributed by atoms with van der Waals surface area (Å²) < 4.78 is 5.25. The Kier molecular flexibility index (Phi) is 4.45. The molecule has 2 aliphatic rings. The lowest BCUT2D eigenvalue weighted by molar-refractivity contribution is 0.0749. The largest absolute Gasteiger partial charge is 0.384 e. The Labute approximate surface area is 106 Å². The van der Waals surface area contributed by atoms with Gasteiger partial charge in [-0.3, -0.25) is 0 Å². The van der Waals surface area contributed by atoms with Crippen molar-refractivity contribution in [1.29, 1.82) is 0 Å². The summed E-state index contributed by atoms with van der Waals surface area (Å²) in [6.45, 7) is 6.98. The average molecular weight is 240 g/mol. The predicted molar refractivity (Wildman–Crippen MR) is 71.0 cm³/mol. The van der Waals surface area contributed by atoms with Crippen molar-refractivity contribution in [2.24, 2.45) is 17.1 Å². The van der Waals surface area contributed by atoms with Gasteiger partial charge in [0.1, 0.15) is 0 Å². The second kappa shape index (κ2) is 5.68. The predicted octanol–water partition coefficient (Wildman–Crippen LogP) is 1.86. The maximum atomic E-state index is 6.26. The highest BCUT2D eigenvalue weighted by Crippen LogP contribution is 2.38. The van der Waals surface area contributed by atoms with Gasteiger partial charge in [-0.1, -0.05) is 13.3 Å². The smallest absolute Gasteiger partial charge is 0.0491 e. The lowest BCUT2D eigenvalue weighted by Gasteiger charge is -2.39. The van der Waals surface area contributed by atoms with E-state index in [1.807, 2.05) is 7.11 Å². The molecule has 0 spiro atoms. The highest BCUT2D eigenvalue weighted by molar-refractivity contribution is 4.94. The van der Waals surface area contributed by atoms with Crippen LogP contribution in [0.4, 0.5) is 0 Å². The van der Waals surface area contributed by atoms with E-state index in [9.17, 15) is 0 Å². The maximum Gasteiger partial charge on any atom is 0.0491 e. The van der Waals surface area contributed by atoms with Gasteiger partial charge in [0.25, 0.3) is 0 Å². The summed E-state index contributed by atoms with van der Waals surface area (Å²) >= 11 is 0. The van der Waals surface area contributed by atoms with E-state index in [0.717, 1.165) is 12.5 Å². The van der Waals surface area contributed by atoms with Crippen LogP contribution in [0.25, 0.3) is 0 Å². The minimum Gasteiger partial charge on any atom is -0.384 e. The number of hydrogen-bond donors (Lipinski definition) is 1. The lowest BCUT2D eigenvalue weighted by Crippen LogP contribution is -2.47. The number of likely N-dealkylation sites (tertiary alicyclic amines) is 1. The van der Waals surface area contributed by atoms with E-state index in [0.29, 0.717) is 11.5 Å². The Hall–Kier alpha value is -0.120. The zero-order valence-corrected chi connectivity index (χ0v) is 11.5. The van der Waals surface area contributed by atoms with Crippen LogP contribution in [0.15, 0.2) is 0 Å².